The Morgan fingerprint density at radius 3 is 1.92 bits per heavy atom. The van der Waals surface area contributed by atoms with Gasteiger partial charge in [0, 0.05) is 11.4 Å². The van der Waals surface area contributed by atoms with E-state index >= 15 is 0 Å². The third kappa shape index (κ3) is 2.14. The number of amides is 2. The highest BCUT2D eigenvalue weighted by molar-refractivity contribution is 6.22. The minimum Gasteiger partial charge on any atom is -0.356 e. The number of hydrogen-bond acceptors (Lipinski definition) is 3. The molecule has 1 saturated heterocycles. The Balaban J connectivity index is 1.39. The molecule has 0 radical (unpaired) electrons. The molecular weight excluding hydrogens is 312 g/mol. The largest absolute Gasteiger partial charge is 0.356 e. The number of anilines is 3. The second-order valence-corrected chi connectivity index (χ2v) is 7.05. The topological polar surface area (TPSA) is 49.4 Å². The zero-order valence-electron chi connectivity index (χ0n) is 13.6. The summed E-state index contributed by atoms with van der Waals surface area (Å²) in [7, 11) is 0. The van der Waals surface area contributed by atoms with Gasteiger partial charge in [-0.2, -0.15) is 0 Å². The number of para-hydroxylation sites is 1. The van der Waals surface area contributed by atoms with Crippen LogP contribution in [0.25, 0.3) is 0 Å². The summed E-state index contributed by atoms with van der Waals surface area (Å²) in [6, 6.07) is 17.4. The van der Waals surface area contributed by atoms with Crippen LogP contribution in [0.3, 0.4) is 0 Å². The summed E-state index contributed by atoms with van der Waals surface area (Å²) in [6.07, 6.45) is 5.20. The molecule has 4 atom stereocenters. The molecule has 2 aromatic rings. The van der Waals surface area contributed by atoms with Crippen LogP contribution in [0.5, 0.6) is 0 Å². The lowest BCUT2D eigenvalue weighted by Crippen LogP contribution is -2.32. The Kier molecular flexibility index (Phi) is 3.07. The van der Waals surface area contributed by atoms with Crippen molar-refractivity contribution in [3.8, 4) is 0 Å². The van der Waals surface area contributed by atoms with Crippen LogP contribution in [0, 0.1) is 23.7 Å². The fourth-order valence-corrected chi connectivity index (χ4v) is 4.54. The van der Waals surface area contributed by atoms with Crippen molar-refractivity contribution < 1.29 is 9.59 Å². The summed E-state index contributed by atoms with van der Waals surface area (Å²) >= 11 is 0. The van der Waals surface area contributed by atoms with E-state index in [0.717, 1.165) is 17.8 Å². The van der Waals surface area contributed by atoms with E-state index in [1.54, 1.807) is 0 Å². The van der Waals surface area contributed by atoms with E-state index in [1.807, 2.05) is 54.6 Å². The number of rotatable bonds is 3. The molecule has 1 aliphatic heterocycles. The van der Waals surface area contributed by atoms with Gasteiger partial charge in [-0.3, -0.25) is 14.5 Å². The normalized spacial score (nSPS) is 29.4. The Bertz CT molecular complexity index is 843. The van der Waals surface area contributed by atoms with Gasteiger partial charge in [0.25, 0.3) is 0 Å². The van der Waals surface area contributed by atoms with Crippen LogP contribution >= 0.6 is 0 Å². The molecule has 5 rings (SSSR count). The molecule has 1 heterocycles. The fraction of sp³-hybridized carbons (Fsp3) is 0.238. The third-order valence-corrected chi connectivity index (χ3v) is 5.66. The third-order valence-electron chi connectivity index (χ3n) is 5.66. The van der Waals surface area contributed by atoms with E-state index in [2.05, 4.69) is 17.5 Å². The minimum atomic E-state index is -0.148. The van der Waals surface area contributed by atoms with Gasteiger partial charge < -0.3 is 5.32 Å². The lowest BCUT2D eigenvalue weighted by atomic mass is 9.85. The van der Waals surface area contributed by atoms with Crippen LogP contribution < -0.4 is 10.2 Å². The monoisotopic (exact) mass is 330 g/mol. The predicted octanol–water partition coefficient (Wildman–Crippen LogP) is 3.74. The van der Waals surface area contributed by atoms with Crippen molar-refractivity contribution in [1.82, 2.24) is 0 Å². The number of fused-ring (bicyclic) bond motifs is 5. The van der Waals surface area contributed by atoms with Gasteiger partial charge in [-0.05, 0) is 54.7 Å². The Morgan fingerprint density at radius 1 is 0.760 bits per heavy atom. The second-order valence-electron chi connectivity index (χ2n) is 7.05. The summed E-state index contributed by atoms with van der Waals surface area (Å²) in [5.74, 6) is 0.131. The molecule has 4 heteroatoms. The highest BCUT2D eigenvalue weighted by Gasteiger charge is 2.59. The second kappa shape index (κ2) is 5.31. The van der Waals surface area contributed by atoms with E-state index in [-0.39, 0.29) is 35.5 Å². The predicted molar refractivity (Wildman–Crippen MR) is 96.4 cm³/mol. The molecule has 2 aliphatic carbocycles. The molecule has 2 aromatic carbocycles. The first-order valence-corrected chi connectivity index (χ1v) is 8.70. The van der Waals surface area contributed by atoms with Crippen molar-refractivity contribution in [2.24, 2.45) is 23.7 Å². The maximum atomic E-state index is 12.8. The van der Waals surface area contributed by atoms with Gasteiger partial charge in [0.2, 0.25) is 11.8 Å². The molecule has 2 bridgehead atoms. The molecular formula is C21H18N2O2. The van der Waals surface area contributed by atoms with Crippen molar-refractivity contribution in [2.75, 3.05) is 10.2 Å². The number of hydrogen-bond donors (Lipinski definition) is 1. The molecule has 2 amide bonds. The van der Waals surface area contributed by atoms with E-state index in [4.69, 9.17) is 0 Å². The number of carbonyl (C=O) groups excluding carboxylic acids is 2. The zero-order chi connectivity index (χ0) is 17.0. The van der Waals surface area contributed by atoms with Crippen LogP contribution in [0.2, 0.25) is 0 Å². The van der Waals surface area contributed by atoms with Crippen LogP contribution in [-0.2, 0) is 9.59 Å². The standard InChI is InChI=1S/C21H18N2O2/c24-20-18-13-6-7-14(12-13)19(18)21(25)23(20)17-10-8-16(9-11-17)22-15-4-2-1-3-5-15/h1-11,13-14,18-19,22H,12H2/t13-,14-,18-,19-/m0/s1. The molecule has 1 saturated carbocycles. The quantitative estimate of drug-likeness (QED) is 0.689. The summed E-state index contributed by atoms with van der Waals surface area (Å²) in [5.41, 5.74) is 2.60. The van der Waals surface area contributed by atoms with Gasteiger partial charge in [0.15, 0.2) is 0 Å². The number of nitrogens with zero attached hydrogens (tertiary/aromatic N) is 1. The number of benzene rings is 2. The fourth-order valence-electron chi connectivity index (χ4n) is 4.54. The lowest BCUT2D eigenvalue weighted by Gasteiger charge is -2.18. The van der Waals surface area contributed by atoms with Gasteiger partial charge in [-0.15, -0.1) is 0 Å². The Morgan fingerprint density at radius 2 is 1.32 bits per heavy atom. The molecule has 1 N–H and O–H groups in total. The number of allylic oxidation sites excluding steroid dienone is 2. The maximum absolute atomic E-state index is 12.8. The zero-order valence-corrected chi connectivity index (χ0v) is 13.6. The number of nitrogens with one attached hydrogen (secondary N) is 1. The summed E-state index contributed by atoms with van der Waals surface area (Å²) in [5, 5.41) is 3.31. The van der Waals surface area contributed by atoms with Crippen molar-refractivity contribution in [1.29, 1.82) is 0 Å². The molecule has 3 aliphatic rings. The van der Waals surface area contributed by atoms with Crippen molar-refractivity contribution in [3.63, 3.8) is 0 Å². The van der Waals surface area contributed by atoms with Crippen LogP contribution in [-0.4, -0.2) is 11.8 Å². The van der Waals surface area contributed by atoms with Crippen molar-refractivity contribution >= 4 is 28.9 Å². The van der Waals surface area contributed by atoms with E-state index in [1.165, 1.54) is 4.90 Å². The van der Waals surface area contributed by atoms with Gasteiger partial charge in [0.1, 0.15) is 0 Å². The summed E-state index contributed by atoms with van der Waals surface area (Å²) in [4.78, 5) is 27.0. The van der Waals surface area contributed by atoms with Crippen LogP contribution in [0.4, 0.5) is 17.1 Å². The molecule has 4 nitrogen and oxygen atoms in total. The lowest BCUT2D eigenvalue weighted by molar-refractivity contribution is -0.123. The van der Waals surface area contributed by atoms with Gasteiger partial charge in [-0.1, -0.05) is 30.4 Å². The van der Waals surface area contributed by atoms with Gasteiger partial charge in [0.05, 0.1) is 17.5 Å². The Labute approximate surface area is 146 Å². The van der Waals surface area contributed by atoms with E-state index < -0.39 is 0 Å². The Hall–Kier alpha value is -2.88. The molecule has 0 aromatic heterocycles. The average molecular weight is 330 g/mol. The van der Waals surface area contributed by atoms with E-state index in [9.17, 15) is 9.59 Å². The summed E-state index contributed by atoms with van der Waals surface area (Å²) < 4.78 is 0. The van der Waals surface area contributed by atoms with Crippen molar-refractivity contribution in [2.45, 2.75) is 6.42 Å². The SMILES string of the molecule is O=C1[C@@H]2[C@@H](C(=O)N1c1ccc(Nc3ccccc3)cc1)[C@H]1C=C[C@H]2C1. The number of imide groups is 1. The van der Waals surface area contributed by atoms with Crippen LogP contribution in [0.1, 0.15) is 6.42 Å². The molecule has 0 unspecified atom stereocenters. The molecule has 2 fully saturated rings. The average Bonchev–Trinajstić information content (AvgIpc) is 3.31. The first-order valence-electron chi connectivity index (χ1n) is 8.70. The van der Waals surface area contributed by atoms with E-state index in [0.29, 0.717) is 5.69 Å². The van der Waals surface area contributed by atoms with Crippen LogP contribution in [0.15, 0.2) is 66.7 Å². The summed E-state index contributed by atoms with van der Waals surface area (Å²) in [6.45, 7) is 0. The highest BCUT2D eigenvalue weighted by Crippen LogP contribution is 2.53. The molecule has 0 spiro atoms. The minimum absolute atomic E-state index is 0.0318. The van der Waals surface area contributed by atoms with Crippen molar-refractivity contribution in [3.05, 3.63) is 66.7 Å². The maximum Gasteiger partial charge on any atom is 0.238 e. The first-order chi connectivity index (χ1) is 12.2. The van der Waals surface area contributed by atoms with Gasteiger partial charge in [-0.25, -0.2) is 0 Å². The first kappa shape index (κ1) is 14.5. The molecule has 124 valence electrons. The number of carbonyl (C=O) groups is 2. The molecule has 25 heavy (non-hydrogen) atoms. The highest BCUT2D eigenvalue weighted by atomic mass is 16.2. The smallest absolute Gasteiger partial charge is 0.238 e. The van der Waals surface area contributed by atoms with Gasteiger partial charge >= 0.3 is 0 Å².